The molecular formula is C23H23N7O2. The van der Waals surface area contributed by atoms with Crippen LogP contribution in [-0.4, -0.2) is 62.1 Å². The molecule has 2 aromatic heterocycles. The van der Waals surface area contributed by atoms with E-state index >= 15 is 0 Å². The molecule has 5 rings (SSSR count). The number of carbonyl (C=O) groups is 1. The zero-order valence-electron chi connectivity index (χ0n) is 17.5. The van der Waals surface area contributed by atoms with Gasteiger partial charge in [0.1, 0.15) is 12.9 Å². The van der Waals surface area contributed by atoms with Gasteiger partial charge in [0.05, 0.1) is 6.54 Å². The first-order valence-corrected chi connectivity index (χ1v) is 10.6. The van der Waals surface area contributed by atoms with Crippen molar-refractivity contribution < 1.29 is 9.53 Å². The van der Waals surface area contributed by atoms with E-state index in [0.717, 1.165) is 16.9 Å². The van der Waals surface area contributed by atoms with Crippen molar-refractivity contribution in [2.75, 3.05) is 31.1 Å². The molecule has 1 amide bonds. The summed E-state index contributed by atoms with van der Waals surface area (Å²) >= 11 is 0. The van der Waals surface area contributed by atoms with Gasteiger partial charge in [0, 0.05) is 26.2 Å². The second kappa shape index (κ2) is 9.01. The standard InChI is InChI=1S/C23H23N7O2/c31-23(32-16-19-9-5-2-6-10-19)29-13-11-28(12-14-29)21-20-22(25-17-24-21)30(27-26-20)15-18-7-3-1-4-8-18/h1-10,17H,11-16H2. The van der Waals surface area contributed by atoms with Crippen LogP contribution in [-0.2, 0) is 17.9 Å². The number of nitrogens with zero attached hydrogens (tertiary/aromatic N) is 7. The van der Waals surface area contributed by atoms with Gasteiger partial charge < -0.3 is 14.5 Å². The van der Waals surface area contributed by atoms with Gasteiger partial charge in [0.25, 0.3) is 0 Å². The number of ether oxygens (including phenoxy) is 1. The van der Waals surface area contributed by atoms with Gasteiger partial charge >= 0.3 is 6.09 Å². The number of piperazine rings is 1. The van der Waals surface area contributed by atoms with E-state index in [0.29, 0.717) is 43.9 Å². The molecule has 0 aliphatic carbocycles. The highest BCUT2D eigenvalue weighted by Crippen LogP contribution is 2.22. The Balaban J connectivity index is 1.23. The van der Waals surface area contributed by atoms with Crippen LogP contribution in [0.15, 0.2) is 67.0 Å². The molecule has 0 unspecified atom stereocenters. The number of aromatic nitrogens is 5. The van der Waals surface area contributed by atoms with Crippen LogP contribution in [0, 0.1) is 0 Å². The summed E-state index contributed by atoms with van der Waals surface area (Å²) in [5.74, 6) is 0.742. The third-order valence-electron chi connectivity index (χ3n) is 5.50. The van der Waals surface area contributed by atoms with Crippen LogP contribution in [0.25, 0.3) is 11.2 Å². The minimum atomic E-state index is -0.296. The number of rotatable bonds is 5. The van der Waals surface area contributed by atoms with E-state index < -0.39 is 0 Å². The molecule has 1 aliphatic heterocycles. The molecule has 0 bridgehead atoms. The molecule has 2 aromatic carbocycles. The molecule has 0 N–H and O–H groups in total. The Kier molecular flexibility index (Phi) is 5.61. The Morgan fingerprint density at radius 3 is 2.28 bits per heavy atom. The minimum Gasteiger partial charge on any atom is -0.445 e. The molecular weight excluding hydrogens is 406 g/mol. The number of amides is 1. The third-order valence-corrected chi connectivity index (χ3v) is 5.50. The van der Waals surface area contributed by atoms with Crippen molar-refractivity contribution in [1.29, 1.82) is 0 Å². The van der Waals surface area contributed by atoms with E-state index in [2.05, 4.69) is 25.2 Å². The lowest BCUT2D eigenvalue weighted by Crippen LogP contribution is -2.49. The summed E-state index contributed by atoms with van der Waals surface area (Å²) in [4.78, 5) is 25.1. The van der Waals surface area contributed by atoms with Crippen molar-refractivity contribution in [3.8, 4) is 0 Å². The molecule has 1 fully saturated rings. The van der Waals surface area contributed by atoms with Gasteiger partial charge in [-0.1, -0.05) is 65.9 Å². The molecule has 9 nitrogen and oxygen atoms in total. The number of benzene rings is 2. The zero-order valence-corrected chi connectivity index (χ0v) is 17.5. The quantitative estimate of drug-likeness (QED) is 0.482. The Bertz CT molecular complexity index is 1190. The molecule has 32 heavy (non-hydrogen) atoms. The summed E-state index contributed by atoms with van der Waals surface area (Å²) in [6.45, 7) is 3.25. The maximum Gasteiger partial charge on any atom is 0.410 e. The van der Waals surface area contributed by atoms with Gasteiger partial charge in [-0.05, 0) is 11.1 Å². The molecule has 3 heterocycles. The molecule has 0 atom stereocenters. The van der Waals surface area contributed by atoms with Crippen molar-refractivity contribution in [3.63, 3.8) is 0 Å². The molecule has 0 saturated carbocycles. The van der Waals surface area contributed by atoms with Crippen molar-refractivity contribution in [3.05, 3.63) is 78.1 Å². The van der Waals surface area contributed by atoms with E-state index in [4.69, 9.17) is 4.74 Å². The lowest BCUT2D eigenvalue weighted by molar-refractivity contribution is 0.0941. The summed E-state index contributed by atoms with van der Waals surface area (Å²) in [5.41, 5.74) is 3.47. The topological polar surface area (TPSA) is 89.3 Å². The molecule has 162 valence electrons. The Morgan fingerprint density at radius 1 is 0.875 bits per heavy atom. The largest absolute Gasteiger partial charge is 0.445 e. The molecule has 9 heteroatoms. The van der Waals surface area contributed by atoms with Crippen molar-refractivity contribution in [1.82, 2.24) is 29.9 Å². The number of anilines is 1. The predicted molar refractivity (Wildman–Crippen MR) is 119 cm³/mol. The SMILES string of the molecule is O=C(OCc1ccccc1)N1CCN(c2ncnc3c2nnn3Cc2ccccc2)CC1. The van der Waals surface area contributed by atoms with Gasteiger partial charge in [-0.15, -0.1) is 5.10 Å². The fourth-order valence-electron chi connectivity index (χ4n) is 3.79. The molecule has 0 radical (unpaired) electrons. The number of hydrogen-bond acceptors (Lipinski definition) is 7. The summed E-state index contributed by atoms with van der Waals surface area (Å²) in [6, 6.07) is 19.8. The third kappa shape index (κ3) is 4.22. The number of fused-ring (bicyclic) bond motifs is 1. The maximum absolute atomic E-state index is 12.4. The first kappa shape index (κ1) is 19.9. The monoisotopic (exact) mass is 429 g/mol. The zero-order chi connectivity index (χ0) is 21.8. The molecule has 4 aromatic rings. The van der Waals surface area contributed by atoms with Crippen LogP contribution in [0.5, 0.6) is 0 Å². The highest BCUT2D eigenvalue weighted by molar-refractivity contribution is 5.82. The highest BCUT2D eigenvalue weighted by Gasteiger charge is 2.25. The predicted octanol–water partition coefficient (Wildman–Crippen LogP) is 2.73. The minimum absolute atomic E-state index is 0.275. The van der Waals surface area contributed by atoms with E-state index in [1.165, 1.54) is 0 Å². The number of carbonyl (C=O) groups excluding carboxylic acids is 1. The highest BCUT2D eigenvalue weighted by atomic mass is 16.6. The second-order valence-electron chi connectivity index (χ2n) is 7.62. The fourth-order valence-corrected chi connectivity index (χ4v) is 3.79. The van der Waals surface area contributed by atoms with Crippen LogP contribution in [0.3, 0.4) is 0 Å². The lowest BCUT2D eigenvalue weighted by atomic mass is 10.2. The normalized spacial score (nSPS) is 14.0. The van der Waals surface area contributed by atoms with Gasteiger partial charge in [-0.2, -0.15) is 0 Å². The summed E-state index contributed by atoms with van der Waals surface area (Å²) < 4.78 is 7.24. The van der Waals surface area contributed by atoms with Gasteiger partial charge in [0.2, 0.25) is 0 Å². The van der Waals surface area contributed by atoms with Crippen LogP contribution in [0.2, 0.25) is 0 Å². The average Bonchev–Trinajstić information content (AvgIpc) is 3.27. The maximum atomic E-state index is 12.4. The van der Waals surface area contributed by atoms with Crippen molar-refractivity contribution in [2.24, 2.45) is 0 Å². The second-order valence-corrected chi connectivity index (χ2v) is 7.62. The van der Waals surface area contributed by atoms with Gasteiger partial charge in [-0.25, -0.2) is 19.4 Å². The lowest BCUT2D eigenvalue weighted by Gasteiger charge is -2.34. The summed E-state index contributed by atoms with van der Waals surface area (Å²) in [6.07, 6.45) is 1.25. The van der Waals surface area contributed by atoms with Crippen LogP contribution < -0.4 is 4.90 Å². The van der Waals surface area contributed by atoms with Crippen LogP contribution in [0.4, 0.5) is 10.6 Å². The first-order chi connectivity index (χ1) is 15.8. The van der Waals surface area contributed by atoms with Gasteiger partial charge in [0.15, 0.2) is 17.0 Å². The van der Waals surface area contributed by atoms with E-state index in [1.807, 2.05) is 60.7 Å². The van der Waals surface area contributed by atoms with Crippen LogP contribution >= 0.6 is 0 Å². The van der Waals surface area contributed by atoms with E-state index in [9.17, 15) is 4.79 Å². The molecule has 0 spiro atoms. The van der Waals surface area contributed by atoms with Crippen LogP contribution in [0.1, 0.15) is 11.1 Å². The molecule has 1 saturated heterocycles. The Morgan fingerprint density at radius 2 is 1.56 bits per heavy atom. The van der Waals surface area contributed by atoms with Crippen molar-refractivity contribution >= 4 is 23.1 Å². The average molecular weight is 429 g/mol. The van der Waals surface area contributed by atoms with Crippen molar-refractivity contribution in [2.45, 2.75) is 13.2 Å². The fraction of sp³-hybridized carbons (Fsp3) is 0.261. The Hall–Kier alpha value is -4.01. The van der Waals surface area contributed by atoms with E-state index in [1.54, 1.807) is 15.9 Å². The summed E-state index contributed by atoms with van der Waals surface area (Å²) in [7, 11) is 0. The smallest absolute Gasteiger partial charge is 0.410 e. The first-order valence-electron chi connectivity index (χ1n) is 10.6. The van der Waals surface area contributed by atoms with E-state index in [-0.39, 0.29) is 12.7 Å². The summed E-state index contributed by atoms with van der Waals surface area (Å²) in [5, 5.41) is 8.64. The van der Waals surface area contributed by atoms with Gasteiger partial charge in [-0.3, -0.25) is 0 Å². The Labute approximate surface area is 185 Å². The molecule has 1 aliphatic rings. The number of hydrogen-bond donors (Lipinski definition) is 0.